The van der Waals surface area contributed by atoms with E-state index in [1.54, 1.807) is 16.7 Å². The van der Waals surface area contributed by atoms with E-state index in [1.807, 2.05) is 41.8 Å². The molecular weight excluding hydrogens is 316 g/mol. The van der Waals surface area contributed by atoms with Crippen LogP contribution in [0.25, 0.3) is 9.88 Å². The van der Waals surface area contributed by atoms with E-state index in [2.05, 4.69) is 10.3 Å². The zero-order chi connectivity index (χ0) is 15.4. The Morgan fingerprint density at radius 1 is 1.18 bits per heavy atom. The first-order valence-electron chi connectivity index (χ1n) is 6.77. The summed E-state index contributed by atoms with van der Waals surface area (Å²) in [6, 6.07) is 11.4. The Morgan fingerprint density at radius 2 is 2.00 bits per heavy atom. The number of amides is 1. The third kappa shape index (κ3) is 3.41. The first kappa shape index (κ1) is 14.9. The third-order valence-corrected chi connectivity index (χ3v) is 4.96. The molecule has 3 rings (SSSR count). The molecule has 0 unspecified atom stereocenters. The molecule has 6 heteroatoms. The van der Waals surface area contributed by atoms with Gasteiger partial charge in [-0.05, 0) is 35.6 Å². The van der Waals surface area contributed by atoms with Gasteiger partial charge in [-0.25, -0.2) is 4.98 Å². The van der Waals surface area contributed by atoms with Gasteiger partial charge in [-0.2, -0.15) is 0 Å². The number of nitrogens with one attached hydrogen (secondary N) is 1. The summed E-state index contributed by atoms with van der Waals surface area (Å²) in [6.07, 6.45) is 0.616. The Hall–Kier alpha value is -2.02. The molecule has 0 saturated carbocycles. The third-order valence-electron chi connectivity index (χ3n) is 3.08. The number of hydrogen-bond donors (Lipinski definition) is 2. The van der Waals surface area contributed by atoms with Crippen molar-refractivity contribution in [2.75, 3.05) is 11.9 Å². The maximum absolute atomic E-state index is 12.2. The predicted molar refractivity (Wildman–Crippen MR) is 90.6 cm³/mol. The van der Waals surface area contributed by atoms with Crippen LogP contribution in [0.2, 0.25) is 0 Å². The molecule has 4 nitrogen and oxygen atoms in total. The second-order valence-corrected chi connectivity index (χ2v) is 6.45. The number of aliphatic hydroxyl groups excluding tert-OH is 1. The summed E-state index contributed by atoms with van der Waals surface area (Å²) in [5, 5.41) is 16.3. The van der Waals surface area contributed by atoms with Gasteiger partial charge < -0.3 is 10.4 Å². The minimum Gasteiger partial charge on any atom is -0.396 e. The smallest absolute Gasteiger partial charge is 0.275 e. The molecule has 0 bridgehead atoms. The number of aromatic nitrogens is 1. The molecule has 112 valence electrons. The number of carbonyl (C=O) groups is 1. The molecule has 3 aromatic rings. The molecule has 0 aliphatic rings. The summed E-state index contributed by atoms with van der Waals surface area (Å²) < 4.78 is 0. The van der Waals surface area contributed by atoms with E-state index in [9.17, 15) is 4.79 Å². The number of rotatable bonds is 5. The lowest BCUT2D eigenvalue weighted by Gasteiger charge is -2.04. The quantitative estimate of drug-likeness (QED) is 0.750. The van der Waals surface area contributed by atoms with Crippen LogP contribution in [0.3, 0.4) is 0 Å². The van der Waals surface area contributed by atoms with Gasteiger partial charge in [-0.15, -0.1) is 22.7 Å². The molecule has 0 spiro atoms. The van der Waals surface area contributed by atoms with Crippen molar-refractivity contribution in [2.45, 2.75) is 6.42 Å². The van der Waals surface area contributed by atoms with Crippen molar-refractivity contribution in [2.24, 2.45) is 0 Å². The number of anilines is 1. The van der Waals surface area contributed by atoms with E-state index in [0.717, 1.165) is 21.1 Å². The average Bonchev–Trinajstić information content (AvgIpc) is 3.20. The second-order valence-electron chi connectivity index (χ2n) is 4.64. The van der Waals surface area contributed by atoms with Crippen LogP contribution in [0.5, 0.6) is 0 Å². The van der Waals surface area contributed by atoms with Crippen LogP contribution in [0.15, 0.2) is 47.2 Å². The zero-order valence-corrected chi connectivity index (χ0v) is 13.3. The van der Waals surface area contributed by atoms with Crippen LogP contribution in [-0.2, 0) is 6.42 Å². The van der Waals surface area contributed by atoms with Gasteiger partial charge in [0.2, 0.25) is 0 Å². The highest BCUT2D eigenvalue weighted by molar-refractivity contribution is 7.20. The van der Waals surface area contributed by atoms with Gasteiger partial charge in [0.25, 0.3) is 5.91 Å². The molecule has 22 heavy (non-hydrogen) atoms. The SMILES string of the molecule is O=C(Nc1ccc(CCO)cc1)c1csc(-c2cccs2)n1. The van der Waals surface area contributed by atoms with Gasteiger partial charge in [-0.1, -0.05) is 18.2 Å². The molecule has 0 atom stereocenters. The van der Waals surface area contributed by atoms with Crippen molar-refractivity contribution >= 4 is 34.3 Å². The van der Waals surface area contributed by atoms with E-state index in [-0.39, 0.29) is 12.5 Å². The van der Waals surface area contributed by atoms with Gasteiger partial charge >= 0.3 is 0 Å². The molecule has 2 N–H and O–H groups in total. The van der Waals surface area contributed by atoms with Crippen LogP contribution in [0.4, 0.5) is 5.69 Å². The van der Waals surface area contributed by atoms with E-state index < -0.39 is 0 Å². The molecule has 2 heterocycles. The van der Waals surface area contributed by atoms with Crippen molar-refractivity contribution in [1.82, 2.24) is 4.98 Å². The maximum Gasteiger partial charge on any atom is 0.275 e. The van der Waals surface area contributed by atoms with E-state index >= 15 is 0 Å². The fraction of sp³-hybridized carbons (Fsp3) is 0.125. The van der Waals surface area contributed by atoms with Crippen LogP contribution in [0.1, 0.15) is 16.1 Å². The zero-order valence-electron chi connectivity index (χ0n) is 11.7. The van der Waals surface area contributed by atoms with Gasteiger partial charge in [0, 0.05) is 17.7 Å². The normalized spacial score (nSPS) is 10.6. The number of thiazole rings is 1. The maximum atomic E-state index is 12.2. The number of thiophene rings is 1. The monoisotopic (exact) mass is 330 g/mol. The minimum absolute atomic E-state index is 0.121. The first-order valence-corrected chi connectivity index (χ1v) is 8.53. The number of aliphatic hydroxyl groups is 1. The Kier molecular flexibility index (Phi) is 4.62. The van der Waals surface area contributed by atoms with E-state index in [1.165, 1.54) is 11.3 Å². The molecule has 1 aromatic carbocycles. The van der Waals surface area contributed by atoms with Crippen molar-refractivity contribution in [1.29, 1.82) is 0 Å². The molecule has 2 aromatic heterocycles. The van der Waals surface area contributed by atoms with Crippen molar-refractivity contribution < 1.29 is 9.90 Å². The van der Waals surface area contributed by atoms with Gasteiger partial charge in [0.05, 0.1) is 4.88 Å². The molecule has 1 amide bonds. The van der Waals surface area contributed by atoms with Crippen molar-refractivity contribution in [3.8, 4) is 9.88 Å². The predicted octanol–water partition coefficient (Wildman–Crippen LogP) is 3.66. The highest BCUT2D eigenvalue weighted by Gasteiger charge is 2.12. The minimum atomic E-state index is -0.214. The number of carbonyl (C=O) groups excluding carboxylic acids is 1. The van der Waals surface area contributed by atoms with Gasteiger partial charge in [0.15, 0.2) is 0 Å². The highest BCUT2D eigenvalue weighted by atomic mass is 32.1. The standard InChI is InChI=1S/C16H14N2O2S2/c19-8-7-11-3-5-12(6-4-11)17-15(20)13-10-22-16(18-13)14-2-1-9-21-14/h1-6,9-10,19H,7-8H2,(H,17,20). The number of benzene rings is 1. The molecule has 0 radical (unpaired) electrons. The lowest BCUT2D eigenvalue weighted by molar-refractivity contribution is 0.102. The van der Waals surface area contributed by atoms with Crippen LogP contribution in [0, 0.1) is 0 Å². The van der Waals surface area contributed by atoms with Crippen LogP contribution < -0.4 is 5.32 Å². The number of nitrogens with zero attached hydrogens (tertiary/aromatic N) is 1. The summed E-state index contributed by atoms with van der Waals surface area (Å²) in [7, 11) is 0. The first-order chi connectivity index (χ1) is 10.8. The molecule has 0 aliphatic carbocycles. The van der Waals surface area contributed by atoms with Crippen LogP contribution in [-0.4, -0.2) is 22.6 Å². The summed E-state index contributed by atoms with van der Waals surface area (Å²) in [6.45, 7) is 0.121. The van der Waals surface area contributed by atoms with Crippen molar-refractivity contribution in [3.63, 3.8) is 0 Å². The topological polar surface area (TPSA) is 62.2 Å². The number of hydrogen-bond acceptors (Lipinski definition) is 5. The molecular formula is C16H14N2O2S2. The Bertz CT molecular complexity index is 749. The second kappa shape index (κ2) is 6.83. The summed E-state index contributed by atoms with van der Waals surface area (Å²) in [5.74, 6) is -0.214. The molecule has 0 aliphatic heterocycles. The molecule has 0 saturated heterocycles. The Morgan fingerprint density at radius 3 is 2.68 bits per heavy atom. The van der Waals surface area contributed by atoms with Gasteiger partial charge in [-0.3, -0.25) is 4.79 Å². The van der Waals surface area contributed by atoms with Gasteiger partial charge in [0.1, 0.15) is 10.7 Å². The Balaban J connectivity index is 1.69. The highest BCUT2D eigenvalue weighted by Crippen LogP contribution is 2.28. The van der Waals surface area contributed by atoms with E-state index in [4.69, 9.17) is 5.11 Å². The lowest BCUT2D eigenvalue weighted by Crippen LogP contribution is -2.12. The lowest BCUT2D eigenvalue weighted by atomic mass is 10.1. The van der Waals surface area contributed by atoms with E-state index in [0.29, 0.717) is 12.1 Å². The summed E-state index contributed by atoms with van der Waals surface area (Å²) in [4.78, 5) is 17.7. The largest absolute Gasteiger partial charge is 0.396 e. The fourth-order valence-electron chi connectivity index (χ4n) is 1.97. The fourth-order valence-corrected chi connectivity index (χ4v) is 3.58. The summed E-state index contributed by atoms with van der Waals surface area (Å²) in [5.41, 5.74) is 2.18. The average molecular weight is 330 g/mol. The molecule has 0 fully saturated rings. The Labute approximate surface area is 136 Å². The van der Waals surface area contributed by atoms with Crippen molar-refractivity contribution in [3.05, 3.63) is 58.4 Å². The van der Waals surface area contributed by atoms with Crippen LogP contribution >= 0.6 is 22.7 Å². The summed E-state index contributed by atoms with van der Waals surface area (Å²) >= 11 is 3.07.